The number of phenolic OH excluding ortho intramolecular Hbond substituents is 1. The number of hydrogen-bond donors (Lipinski definition) is 2. The normalized spacial score (nSPS) is 12.5. The van der Waals surface area contributed by atoms with E-state index in [0.29, 0.717) is 5.56 Å². The molecule has 2 N–H and O–H groups in total. The summed E-state index contributed by atoms with van der Waals surface area (Å²) in [6.07, 6.45) is 0. The van der Waals surface area contributed by atoms with Crippen molar-refractivity contribution in [1.29, 1.82) is 0 Å². The van der Waals surface area contributed by atoms with Crippen LogP contribution in [0.15, 0.2) is 12.1 Å². The molecular weight excluding hydrogens is 187 g/mol. The largest absolute Gasteiger partial charge is 0.507 e. The van der Waals surface area contributed by atoms with Crippen LogP contribution < -0.4 is 0 Å². The predicted molar refractivity (Wildman–Crippen MR) is 48.9 cm³/mol. The maximum absolute atomic E-state index is 12.9. The van der Waals surface area contributed by atoms with E-state index in [4.69, 9.17) is 5.11 Å². The van der Waals surface area contributed by atoms with Crippen LogP contribution in [0.2, 0.25) is 0 Å². The SMILES string of the molecule is Cc1cc(F)cc(C(C)C(=O)O)c1O. The summed E-state index contributed by atoms with van der Waals surface area (Å²) >= 11 is 0. The van der Waals surface area contributed by atoms with Gasteiger partial charge in [-0.1, -0.05) is 0 Å². The predicted octanol–water partition coefficient (Wildman–Crippen LogP) is 2.03. The number of benzene rings is 1. The molecule has 1 unspecified atom stereocenters. The van der Waals surface area contributed by atoms with E-state index in [0.717, 1.165) is 12.1 Å². The standard InChI is InChI=1S/C10H11FO3/c1-5-3-7(11)4-8(9(5)12)6(2)10(13)14/h3-4,6,12H,1-2H3,(H,13,14). The molecule has 76 valence electrons. The Balaban J connectivity index is 3.26. The van der Waals surface area contributed by atoms with Crippen LogP contribution in [0.1, 0.15) is 24.0 Å². The second-order valence-corrected chi connectivity index (χ2v) is 3.22. The topological polar surface area (TPSA) is 57.5 Å². The highest BCUT2D eigenvalue weighted by atomic mass is 19.1. The summed E-state index contributed by atoms with van der Waals surface area (Å²) in [4.78, 5) is 10.6. The van der Waals surface area contributed by atoms with Crippen molar-refractivity contribution >= 4 is 5.97 Å². The molecule has 1 atom stereocenters. The van der Waals surface area contributed by atoms with Crippen LogP contribution in [0, 0.1) is 12.7 Å². The lowest BCUT2D eigenvalue weighted by atomic mass is 9.98. The van der Waals surface area contributed by atoms with Crippen molar-refractivity contribution < 1.29 is 19.4 Å². The number of aromatic hydroxyl groups is 1. The number of aliphatic carboxylic acids is 1. The number of carboxylic acid groups (broad SMARTS) is 1. The van der Waals surface area contributed by atoms with Crippen LogP contribution in [-0.4, -0.2) is 16.2 Å². The van der Waals surface area contributed by atoms with E-state index in [-0.39, 0.29) is 11.3 Å². The highest BCUT2D eigenvalue weighted by Gasteiger charge is 2.19. The third kappa shape index (κ3) is 1.84. The summed E-state index contributed by atoms with van der Waals surface area (Å²) in [5, 5.41) is 18.2. The minimum atomic E-state index is -1.09. The summed E-state index contributed by atoms with van der Waals surface area (Å²) in [7, 11) is 0. The summed E-state index contributed by atoms with van der Waals surface area (Å²) in [6, 6.07) is 2.20. The maximum atomic E-state index is 12.9. The van der Waals surface area contributed by atoms with Crippen molar-refractivity contribution in [3.8, 4) is 5.75 Å². The highest BCUT2D eigenvalue weighted by Crippen LogP contribution is 2.29. The Hall–Kier alpha value is -1.58. The maximum Gasteiger partial charge on any atom is 0.310 e. The van der Waals surface area contributed by atoms with Gasteiger partial charge in [0.15, 0.2) is 0 Å². The number of halogens is 1. The van der Waals surface area contributed by atoms with Gasteiger partial charge in [-0.15, -0.1) is 0 Å². The molecule has 0 aliphatic carbocycles. The Morgan fingerprint density at radius 1 is 1.50 bits per heavy atom. The van der Waals surface area contributed by atoms with Crippen LogP contribution in [0.25, 0.3) is 0 Å². The van der Waals surface area contributed by atoms with Crippen molar-refractivity contribution in [2.45, 2.75) is 19.8 Å². The van der Waals surface area contributed by atoms with Gasteiger partial charge >= 0.3 is 5.97 Å². The summed E-state index contributed by atoms with van der Waals surface area (Å²) in [5.41, 5.74) is 0.447. The lowest BCUT2D eigenvalue weighted by molar-refractivity contribution is -0.138. The lowest BCUT2D eigenvalue weighted by Gasteiger charge is -2.10. The first kappa shape index (κ1) is 10.5. The molecule has 0 bridgehead atoms. The Bertz CT molecular complexity index is 374. The van der Waals surface area contributed by atoms with Crippen molar-refractivity contribution in [2.75, 3.05) is 0 Å². The third-order valence-corrected chi connectivity index (χ3v) is 2.13. The van der Waals surface area contributed by atoms with Crippen molar-refractivity contribution in [1.82, 2.24) is 0 Å². The molecular formula is C10H11FO3. The molecule has 3 nitrogen and oxygen atoms in total. The Labute approximate surface area is 80.8 Å². The first-order chi connectivity index (χ1) is 6.43. The van der Waals surface area contributed by atoms with E-state index in [1.54, 1.807) is 0 Å². The fraction of sp³-hybridized carbons (Fsp3) is 0.300. The van der Waals surface area contributed by atoms with E-state index in [1.165, 1.54) is 13.8 Å². The Morgan fingerprint density at radius 3 is 2.57 bits per heavy atom. The summed E-state index contributed by atoms with van der Waals surface area (Å²) in [5.74, 6) is -2.69. The molecule has 0 aliphatic rings. The van der Waals surface area contributed by atoms with Crippen molar-refractivity contribution in [3.05, 3.63) is 29.1 Å². The molecule has 0 saturated heterocycles. The molecule has 0 saturated carbocycles. The molecule has 4 heteroatoms. The van der Waals surface area contributed by atoms with E-state index < -0.39 is 17.7 Å². The summed E-state index contributed by atoms with van der Waals surface area (Å²) < 4.78 is 12.9. The van der Waals surface area contributed by atoms with Gasteiger partial charge in [-0.05, 0) is 31.5 Å². The van der Waals surface area contributed by atoms with Crippen molar-refractivity contribution in [3.63, 3.8) is 0 Å². The van der Waals surface area contributed by atoms with E-state index in [9.17, 15) is 14.3 Å². The molecule has 0 amide bonds. The second-order valence-electron chi connectivity index (χ2n) is 3.22. The molecule has 0 aromatic heterocycles. The van der Waals surface area contributed by atoms with Gasteiger partial charge in [0, 0.05) is 5.56 Å². The number of aryl methyl sites for hydroxylation is 1. The smallest absolute Gasteiger partial charge is 0.310 e. The zero-order valence-corrected chi connectivity index (χ0v) is 7.91. The van der Waals surface area contributed by atoms with Gasteiger partial charge in [-0.3, -0.25) is 4.79 Å². The molecule has 0 spiro atoms. The van der Waals surface area contributed by atoms with Gasteiger partial charge in [0.1, 0.15) is 11.6 Å². The lowest BCUT2D eigenvalue weighted by Crippen LogP contribution is -2.08. The number of carbonyl (C=O) groups is 1. The second kappa shape index (κ2) is 3.65. The number of phenols is 1. The minimum absolute atomic E-state index is 0.106. The quantitative estimate of drug-likeness (QED) is 0.764. The van der Waals surface area contributed by atoms with Crippen LogP contribution in [0.4, 0.5) is 4.39 Å². The van der Waals surface area contributed by atoms with Crippen LogP contribution in [0.5, 0.6) is 5.75 Å². The average Bonchev–Trinajstić information content (AvgIpc) is 2.09. The van der Waals surface area contributed by atoms with Crippen LogP contribution >= 0.6 is 0 Å². The zero-order valence-electron chi connectivity index (χ0n) is 7.91. The van der Waals surface area contributed by atoms with Gasteiger partial charge in [-0.2, -0.15) is 0 Å². The fourth-order valence-electron chi connectivity index (χ4n) is 1.22. The van der Waals surface area contributed by atoms with Crippen LogP contribution in [0.3, 0.4) is 0 Å². The fourth-order valence-corrected chi connectivity index (χ4v) is 1.22. The molecule has 1 aromatic rings. The van der Waals surface area contributed by atoms with Gasteiger partial charge in [-0.25, -0.2) is 4.39 Å². The Morgan fingerprint density at radius 2 is 2.07 bits per heavy atom. The molecule has 14 heavy (non-hydrogen) atoms. The molecule has 0 heterocycles. The van der Waals surface area contributed by atoms with Gasteiger partial charge in [0.2, 0.25) is 0 Å². The van der Waals surface area contributed by atoms with Crippen molar-refractivity contribution in [2.24, 2.45) is 0 Å². The number of rotatable bonds is 2. The zero-order chi connectivity index (χ0) is 10.9. The van der Waals surface area contributed by atoms with E-state index >= 15 is 0 Å². The molecule has 0 aliphatic heterocycles. The van der Waals surface area contributed by atoms with Gasteiger partial charge in [0.05, 0.1) is 5.92 Å². The van der Waals surface area contributed by atoms with Gasteiger partial charge in [0.25, 0.3) is 0 Å². The molecule has 0 fully saturated rings. The number of hydrogen-bond acceptors (Lipinski definition) is 2. The Kier molecular flexibility index (Phi) is 2.74. The van der Waals surface area contributed by atoms with Gasteiger partial charge < -0.3 is 10.2 Å². The van der Waals surface area contributed by atoms with E-state index in [2.05, 4.69) is 0 Å². The molecule has 1 aromatic carbocycles. The minimum Gasteiger partial charge on any atom is -0.507 e. The van der Waals surface area contributed by atoms with E-state index in [1.807, 2.05) is 0 Å². The average molecular weight is 198 g/mol. The highest BCUT2D eigenvalue weighted by molar-refractivity contribution is 5.76. The first-order valence-corrected chi connectivity index (χ1v) is 4.15. The summed E-state index contributed by atoms with van der Waals surface area (Å²) in [6.45, 7) is 2.92. The molecule has 0 radical (unpaired) electrons. The first-order valence-electron chi connectivity index (χ1n) is 4.15. The molecule has 1 rings (SSSR count). The van der Waals surface area contributed by atoms with Crippen LogP contribution in [-0.2, 0) is 4.79 Å². The monoisotopic (exact) mass is 198 g/mol. The number of carboxylic acids is 1. The third-order valence-electron chi connectivity index (χ3n) is 2.13.